The van der Waals surface area contributed by atoms with Crippen LogP contribution < -0.4 is 15.5 Å². The molecule has 2 aliphatic carbocycles. The first-order chi connectivity index (χ1) is 15.3. The van der Waals surface area contributed by atoms with Crippen molar-refractivity contribution < 1.29 is 28.0 Å². The Morgan fingerprint density at radius 1 is 1.00 bits per heavy atom. The van der Waals surface area contributed by atoms with Gasteiger partial charge in [-0.05, 0) is 87.7 Å². The largest absolute Gasteiger partial charge is 0.426 e. The minimum Gasteiger partial charge on any atom is -0.426 e. The number of amides is 1. The fourth-order valence-electron chi connectivity index (χ4n) is 5.73. The normalized spacial score (nSPS) is 26.0. The first-order valence-electron chi connectivity index (χ1n) is 11.5. The summed E-state index contributed by atoms with van der Waals surface area (Å²) in [4.78, 5) is 25.1. The number of piperidine rings is 1. The zero-order valence-corrected chi connectivity index (χ0v) is 19.1. The van der Waals surface area contributed by atoms with E-state index in [1.165, 1.54) is 24.3 Å². The molecule has 0 bridgehead atoms. The van der Waals surface area contributed by atoms with Crippen molar-refractivity contribution in [2.24, 2.45) is 11.3 Å². The number of hydrogen-bond donors (Lipinski definition) is 3. The van der Waals surface area contributed by atoms with Crippen LogP contribution in [-0.4, -0.2) is 43.3 Å². The van der Waals surface area contributed by atoms with E-state index in [0.717, 1.165) is 58.0 Å². The Labute approximate surface area is 189 Å². The van der Waals surface area contributed by atoms with Crippen molar-refractivity contribution in [3.8, 4) is 5.75 Å². The topological polar surface area (TPSA) is 122 Å². The van der Waals surface area contributed by atoms with Crippen LogP contribution in [-0.2, 0) is 19.4 Å². The Kier molecular flexibility index (Phi) is 6.61. The van der Waals surface area contributed by atoms with E-state index < -0.39 is 20.5 Å². The van der Waals surface area contributed by atoms with Crippen molar-refractivity contribution in [1.82, 2.24) is 10.8 Å². The summed E-state index contributed by atoms with van der Waals surface area (Å²) in [7, 11) is -4.09. The number of hydroxylamine groups is 1. The molecule has 9 heteroatoms. The molecule has 3 fully saturated rings. The summed E-state index contributed by atoms with van der Waals surface area (Å²) >= 11 is 0. The van der Waals surface area contributed by atoms with Gasteiger partial charge in [0.05, 0.1) is 10.8 Å². The molecule has 0 radical (unpaired) electrons. The molecule has 1 spiro atoms. The lowest BCUT2D eigenvalue weighted by Gasteiger charge is -2.36. The van der Waals surface area contributed by atoms with Crippen molar-refractivity contribution in [3.63, 3.8) is 0 Å². The highest BCUT2D eigenvalue weighted by molar-refractivity contribution is 7.93. The SMILES string of the molecule is O=C(Oc1ccc(S(=O)(=O)C2(C(=O)NO)CCC3(CCNCC3)C2)cc1)C1CCCCC1. The predicted octanol–water partition coefficient (Wildman–Crippen LogP) is 2.74. The second kappa shape index (κ2) is 9.11. The number of carbonyl (C=O) groups is 2. The van der Waals surface area contributed by atoms with Gasteiger partial charge in [-0.2, -0.15) is 0 Å². The molecule has 176 valence electrons. The van der Waals surface area contributed by atoms with Crippen molar-refractivity contribution in [1.29, 1.82) is 0 Å². The van der Waals surface area contributed by atoms with E-state index >= 15 is 0 Å². The van der Waals surface area contributed by atoms with E-state index in [2.05, 4.69) is 5.32 Å². The van der Waals surface area contributed by atoms with Crippen molar-refractivity contribution in [2.45, 2.75) is 73.9 Å². The number of nitrogens with one attached hydrogen (secondary N) is 2. The molecule has 8 nitrogen and oxygen atoms in total. The maximum absolute atomic E-state index is 13.7. The molecule has 1 aliphatic heterocycles. The summed E-state index contributed by atoms with van der Waals surface area (Å²) in [5.41, 5.74) is 1.39. The molecule has 1 aromatic carbocycles. The van der Waals surface area contributed by atoms with Crippen LogP contribution >= 0.6 is 0 Å². The van der Waals surface area contributed by atoms with Gasteiger partial charge < -0.3 is 10.1 Å². The van der Waals surface area contributed by atoms with Crippen LogP contribution in [0.1, 0.15) is 64.2 Å². The third-order valence-corrected chi connectivity index (χ3v) is 10.2. The molecule has 32 heavy (non-hydrogen) atoms. The van der Waals surface area contributed by atoms with Gasteiger partial charge in [0.25, 0.3) is 5.91 Å². The number of sulfone groups is 1. The van der Waals surface area contributed by atoms with Gasteiger partial charge in [-0.15, -0.1) is 0 Å². The smallest absolute Gasteiger partial charge is 0.314 e. The Balaban J connectivity index is 1.55. The lowest BCUT2D eigenvalue weighted by atomic mass is 9.77. The number of ether oxygens (including phenoxy) is 1. The van der Waals surface area contributed by atoms with E-state index in [0.29, 0.717) is 12.2 Å². The second-order valence-electron chi connectivity index (χ2n) is 9.59. The van der Waals surface area contributed by atoms with Gasteiger partial charge in [-0.25, -0.2) is 13.9 Å². The van der Waals surface area contributed by atoms with Crippen LogP contribution in [0.4, 0.5) is 0 Å². The summed E-state index contributed by atoms with van der Waals surface area (Å²) in [5.74, 6) is -0.967. The highest BCUT2D eigenvalue weighted by Crippen LogP contribution is 2.54. The van der Waals surface area contributed by atoms with Crippen LogP contribution in [0.25, 0.3) is 0 Å². The monoisotopic (exact) mass is 464 g/mol. The molecular formula is C23H32N2O6S. The standard InChI is InChI=1S/C23H32N2O6S/c26-20(17-4-2-1-3-5-17)31-18-6-8-19(9-7-18)32(29,30)23(21(27)25-28)11-10-22(16-23)12-14-24-15-13-22/h6-9,17,24,28H,1-5,10-16H2,(H,25,27). The third kappa shape index (κ3) is 4.18. The van der Waals surface area contributed by atoms with Crippen LogP contribution in [0.5, 0.6) is 5.75 Å². The summed E-state index contributed by atoms with van der Waals surface area (Å²) in [6.07, 6.45) is 7.40. The molecule has 1 heterocycles. The first kappa shape index (κ1) is 23.2. The zero-order chi connectivity index (χ0) is 22.8. The highest BCUT2D eigenvalue weighted by Gasteiger charge is 2.60. The molecule has 4 rings (SSSR count). The quantitative estimate of drug-likeness (QED) is 0.265. The van der Waals surface area contributed by atoms with E-state index in [9.17, 15) is 23.2 Å². The first-order valence-corrected chi connectivity index (χ1v) is 13.0. The molecule has 1 unspecified atom stereocenters. The molecular weight excluding hydrogens is 432 g/mol. The lowest BCUT2D eigenvalue weighted by Crippen LogP contribution is -2.51. The number of esters is 1. The highest BCUT2D eigenvalue weighted by atomic mass is 32.2. The summed E-state index contributed by atoms with van der Waals surface area (Å²) in [6, 6.07) is 5.71. The second-order valence-corrected chi connectivity index (χ2v) is 11.9. The van der Waals surface area contributed by atoms with Crippen molar-refractivity contribution in [3.05, 3.63) is 24.3 Å². The van der Waals surface area contributed by atoms with Gasteiger partial charge in [0.1, 0.15) is 5.75 Å². The average Bonchev–Trinajstić information content (AvgIpc) is 3.20. The lowest BCUT2D eigenvalue weighted by molar-refractivity contribution is -0.140. The van der Waals surface area contributed by atoms with E-state index in [-0.39, 0.29) is 35.0 Å². The van der Waals surface area contributed by atoms with Gasteiger partial charge in [0.15, 0.2) is 14.6 Å². The fraction of sp³-hybridized carbons (Fsp3) is 0.652. The molecule has 1 saturated heterocycles. The van der Waals surface area contributed by atoms with Crippen LogP contribution in [0.2, 0.25) is 0 Å². The molecule has 3 aliphatic rings. The minimum absolute atomic E-state index is 0.00968. The van der Waals surface area contributed by atoms with Gasteiger partial charge in [0.2, 0.25) is 0 Å². The molecule has 1 aromatic rings. The van der Waals surface area contributed by atoms with E-state index in [1.54, 1.807) is 5.48 Å². The summed E-state index contributed by atoms with van der Waals surface area (Å²) < 4.78 is 31.1. The van der Waals surface area contributed by atoms with E-state index in [4.69, 9.17) is 4.74 Å². The third-order valence-electron chi connectivity index (χ3n) is 7.70. The summed E-state index contributed by atoms with van der Waals surface area (Å²) in [6.45, 7) is 1.58. The fourth-order valence-corrected chi connectivity index (χ4v) is 7.83. The maximum Gasteiger partial charge on any atom is 0.314 e. The zero-order valence-electron chi connectivity index (χ0n) is 18.3. The predicted molar refractivity (Wildman–Crippen MR) is 117 cm³/mol. The number of benzene rings is 1. The molecule has 1 atom stereocenters. The molecule has 1 amide bonds. The molecule has 2 saturated carbocycles. The van der Waals surface area contributed by atoms with Gasteiger partial charge in [0, 0.05) is 0 Å². The average molecular weight is 465 g/mol. The molecule has 0 aromatic heterocycles. The Morgan fingerprint density at radius 3 is 2.28 bits per heavy atom. The van der Waals surface area contributed by atoms with E-state index in [1.807, 2.05) is 0 Å². The van der Waals surface area contributed by atoms with Crippen molar-refractivity contribution >= 4 is 21.7 Å². The number of hydrogen-bond acceptors (Lipinski definition) is 7. The van der Waals surface area contributed by atoms with Crippen LogP contribution in [0.15, 0.2) is 29.2 Å². The van der Waals surface area contributed by atoms with Gasteiger partial charge >= 0.3 is 5.97 Å². The minimum atomic E-state index is -4.09. The Morgan fingerprint density at radius 2 is 1.66 bits per heavy atom. The Bertz CT molecular complexity index is 949. The number of rotatable bonds is 5. The molecule has 3 N–H and O–H groups in total. The van der Waals surface area contributed by atoms with Crippen LogP contribution in [0.3, 0.4) is 0 Å². The van der Waals surface area contributed by atoms with Gasteiger partial charge in [-0.3, -0.25) is 14.8 Å². The summed E-state index contributed by atoms with van der Waals surface area (Å²) in [5, 5.41) is 12.7. The van der Waals surface area contributed by atoms with Gasteiger partial charge in [-0.1, -0.05) is 19.3 Å². The number of carbonyl (C=O) groups excluding carboxylic acids is 2. The Hall–Kier alpha value is -1.97. The maximum atomic E-state index is 13.7. The van der Waals surface area contributed by atoms with Crippen molar-refractivity contribution in [2.75, 3.05) is 13.1 Å². The van der Waals surface area contributed by atoms with Crippen LogP contribution in [0, 0.1) is 11.3 Å².